The van der Waals surface area contributed by atoms with Crippen LogP contribution in [0.2, 0.25) is 0 Å². The molecule has 0 radical (unpaired) electrons. The van der Waals surface area contributed by atoms with Gasteiger partial charge >= 0.3 is 35.5 Å². The summed E-state index contributed by atoms with van der Waals surface area (Å²) in [6, 6.07) is 0. The van der Waals surface area contributed by atoms with Gasteiger partial charge in [-0.25, -0.2) is 4.79 Å². The topological polar surface area (TPSA) is 26.3 Å². The molecule has 2 nitrogen and oxygen atoms in total. The van der Waals surface area contributed by atoms with Crippen molar-refractivity contribution in [1.82, 2.24) is 0 Å². The van der Waals surface area contributed by atoms with Crippen molar-refractivity contribution in [1.29, 1.82) is 0 Å². The van der Waals surface area contributed by atoms with Gasteiger partial charge in [-0.15, -0.1) is 0 Å². The van der Waals surface area contributed by atoms with Gasteiger partial charge in [0.1, 0.15) is 0 Å². The van der Waals surface area contributed by atoms with E-state index in [1.165, 1.54) is 7.11 Å². The van der Waals surface area contributed by atoms with E-state index in [1.807, 2.05) is 0 Å². The van der Waals surface area contributed by atoms with Gasteiger partial charge in [0, 0.05) is 5.57 Å². The monoisotopic (exact) mass is 124 g/mol. The van der Waals surface area contributed by atoms with Gasteiger partial charge in [0.15, 0.2) is 0 Å². The summed E-state index contributed by atoms with van der Waals surface area (Å²) in [6.07, 6.45) is 0. The van der Waals surface area contributed by atoms with Gasteiger partial charge in [0.2, 0.25) is 0 Å². The summed E-state index contributed by atoms with van der Waals surface area (Å²) in [5, 5.41) is 0. The zero-order valence-electron chi connectivity index (χ0n) is 4.52. The van der Waals surface area contributed by atoms with Crippen LogP contribution < -0.4 is 0 Å². The number of hydrogen-bond donors (Lipinski definition) is 0. The number of esters is 1. The van der Waals surface area contributed by atoms with Gasteiger partial charge in [-0.2, -0.15) is 0 Å². The summed E-state index contributed by atoms with van der Waals surface area (Å²) in [4.78, 5) is 10.2. The van der Waals surface area contributed by atoms with Crippen LogP contribution in [0.1, 0.15) is 6.92 Å². The van der Waals surface area contributed by atoms with Crippen LogP contribution in [0.25, 0.3) is 0 Å². The molecule has 0 aliphatic heterocycles. The van der Waals surface area contributed by atoms with Gasteiger partial charge in [-0.3, -0.25) is 0 Å². The van der Waals surface area contributed by atoms with Gasteiger partial charge in [-0.05, 0) is 6.92 Å². The van der Waals surface area contributed by atoms with E-state index in [0.29, 0.717) is 5.57 Å². The molecule has 0 N–H and O–H groups in total. The fourth-order valence-corrected chi connectivity index (χ4v) is 0.174. The van der Waals surface area contributed by atoms with Crippen molar-refractivity contribution in [2.75, 3.05) is 7.11 Å². The van der Waals surface area contributed by atoms with Crippen LogP contribution in [-0.4, -0.2) is 42.6 Å². The van der Waals surface area contributed by atoms with E-state index in [0.717, 1.165) is 0 Å². The van der Waals surface area contributed by atoms with E-state index in [1.54, 1.807) is 6.92 Å². The molecule has 0 heterocycles. The summed E-state index contributed by atoms with van der Waals surface area (Å²) in [7, 11) is 1.33. The van der Waals surface area contributed by atoms with Crippen LogP contribution in [-0.2, 0) is 9.53 Å². The van der Waals surface area contributed by atoms with Crippen LogP contribution in [0.15, 0.2) is 12.2 Å². The molecule has 0 aliphatic rings. The molecule has 42 valence electrons. The van der Waals surface area contributed by atoms with E-state index >= 15 is 0 Å². The molecular formula is C5H9NaO2. The molecule has 0 aromatic heterocycles. The van der Waals surface area contributed by atoms with Crippen molar-refractivity contribution in [3.05, 3.63) is 12.2 Å². The summed E-state index contributed by atoms with van der Waals surface area (Å²) >= 11 is 0. The van der Waals surface area contributed by atoms with Crippen molar-refractivity contribution >= 4 is 35.5 Å². The zero-order valence-corrected chi connectivity index (χ0v) is 4.52. The third-order valence-electron chi connectivity index (χ3n) is 0.534. The minimum absolute atomic E-state index is 0. The van der Waals surface area contributed by atoms with Crippen molar-refractivity contribution in [2.24, 2.45) is 0 Å². The predicted molar refractivity (Wildman–Crippen MR) is 34.0 cm³/mol. The fraction of sp³-hybridized carbons (Fsp3) is 0.400. The second-order valence-electron chi connectivity index (χ2n) is 1.27. The number of rotatable bonds is 1. The van der Waals surface area contributed by atoms with Gasteiger partial charge in [0.05, 0.1) is 7.11 Å². The molecule has 0 saturated heterocycles. The number of methoxy groups -OCH3 is 1. The average Bonchev–Trinajstić information content (AvgIpc) is 1.65. The third kappa shape index (κ3) is 4.37. The Balaban J connectivity index is 0. The molecule has 0 spiro atoms. The van der Waals surface area contributed by atoms with Crippen molar-refractivity contribution in [3.8, 4) is 0 Å². The fourth-order valence-electron chi connectivity index (χ4n) is 0.174. The first kappa shape index (κ1) is 11.1. The van der Waals surface area contributed by atoms with Crippen molar-refractivity contribution in [2.45, 2.75) is 6.92 Å². The predicted octanol–water partition coefficient (Wildman–Crippen LogP) is 0.0870. The molecule has 0 aromatic carbocycles. The first-order valence-corrected chi connectivity index (χ1v) is 1.92. The Labute approximate surface area is 71.2 Å². The maximum absolute atomic E-state index is 10.2. The Morgan fingerprint density at radius 3 is 2.00 bits per heavy atom. The van der Waals surface area contributed by atoms with E-state index in [-0.39, 0.29) is 35.5 Å². The average molecular weight is 124 g/mol. The number of carbonyl (C=O) groups excluding carboxylic acids is 1. The van der Waals surface area contributed by atoms with E-state index in [9.17, 15) is 4.79 Å². The Kier molecular flexibility index (Phi) is 7.40. The van der Waals surface area contributed by atoms with Gasteiger partial charge in [-0.1, -0.05) is 6.58 Å². The number of hydrogen-bond acceptors (Lipinski definition) is 2. The summed E-state index contributed by atoms with van der Waals surface area (Å²) in [5.74, 6) is -0.347. The molecule has 3 heteroatoms. The van der Waals surface area contributed by atoms with Crippen molar-refractivity contribution < 1.29 is 9.53 Å². The second kappa shape index (κ2) is 5.35. The van der Waals surface area contributed by atoms with Crippen LogP contribution in [0.5, 0.6) is 0 Å². The van der Waals surface area contributed by atoms with E-state index in [4.69, 9.17) is 0 Å². The standard InChI is InChI=1S/C5H8O2.Na.H/c1-4(2)5(6)7-3;;/h1H2,2-3H3;;. The van der Waals surface area contributed by atoms with Crippen LogP contribution in [0, 0.1) is 0 Å². The zero-order chi connectivity index (χ0) is 5.86. The molecule has 0 aliphatic carbocycles. The van der Waals surface area contributed by atoms with Gasteiger partial charge < -0.3 is 4.74 Å². The molecule has 0 rings (SSSR count). The third-order valence-corrected chi connectivity index (χ3v) is 0.534. The maximum atomic E-state index is 10.2. The quantitative estimate of drug-likeness (QED) is 0.281. The Bertz CT molecular complexity index is 98.6. The molecular weight excluding hydrogens is 115 g/mol. The molecule has 0 saturated carbocycles. The molecule has 0 amide bonds. The molecule has 0 aromatic rings. The first-order valence-electron chi connectivity index (χ1n) is 1.92. The SMILES string of the molecule is C=C(C)C(=O)OC.[NaH]. The number of carbonyl (C=O) groups is 1. The van der Waals surface area contributed by atoms with E-state index in [2.05, 4.69) is 11.3 Å². The minimum atomic E-state index is -0.347. The Morgan fingerprint density at radius 2 is 2.00 bits per heavy atom. The van der Waals surface area contributed by atoms with Crippen LogP contribution in [0.3, 0.4) is 0 Å². The normalized spacial score (nSPS) is 6.75. The molecule has 0 unspecified atom stereocenters. The van der Waals surface area contributed by atoms with Crippen LogP contribution in [0.4, 0.5) is 0 Å². The first-order chi connectivity index (χ1) is 3.18. The molecule has 8 heavy (non-hydrogen) atoms. The van der Waals surface area contributed by atoms with E-state index < -0.39 is 0 Å². The molecule has 0 bridgehead atoms. The van der Waals surface area contributed by atoms with Crippen molar-refractivity contribution in [3.63, 3.8) is 0 Å². The van der Waals surface area contributed by atoms with Crippen LogP contribution >= 0.6 is 0 Å². The Morgan fingerprint density at radius 1 is 1.62 bits per heavy atom. The molecule has 0 atom stereocenters. The summed E-state index contributed by atoms with van der Waals surface area (Å²) in [6.45, 7) is 4.95. The molecule has 0 fully saturated rings. The Hall–Kier alpha value is 0.210. The van der Waals surface area contributed by atoms with Gasteiger partial charge in [0.25, 0.3) is 0 Å². The number of ether oxygens (including phenoxy) is 1. The summed E-state index contributed by atoms with van der Waals surface area (Å²) in [5.41, 5.74) is 0.433. The summed E-state index contributed by atoms with van der Waals surface area (Å²) < 4.78 is 4.27. The second-order valence-corrected chi connectivity index (χ2v) is 1.27.